The van der Waals surface area contributed by atoms with E-state index in [4.69, 9.17) is 5.11 Å². The van der Waals surface area contributed by atoms with Gasteiger partial charge in [0, 0.05) is 18.5 Å². The van der Waals surface area contributed by atoms with Gasteiger partial charge >= 0.3 is 0 Å². The van der Waals surface area contributed by atoms with Gasteiger partial charge in [0.1, 0.15) is 5.82 Å². The van der Waals surface area contributed by atoms with Gasteiger partial charge in [0.2, 0.25) is 0 Å². The lowest BCUT2D eigenvalue weighted by molar-refractivity contribution is 0.276. The Morgan fingerprint density at radius 1 is 1.64 bits per heavy atom. The average molecular weight is 172 g/mol. The lowest BCUT2D eigenvalue weighted by Gasteiger charge is -1.98. The summed E-state index contributed by atoms with van der Waals surface area (Å²) in [7, 11) is 1.92. The van der Waals surface area contributed by atoms with Crippen LogP contribution in [-0.2, 0) is 19.4 Å². The maximum absolute atomic E-state index is 8.85. The molecular formula is C7H12N2OS. The molecule has 1 heterocycles. The van der Waals surface area contributed by atoms with Crippen molar-refractivity contribution >= 4 is 12.6 Å². The molecule has 1 N–H and O–H groups in total. The Morgan fingerprint density at radius 3 is 2.55 bits per heavy atom. The molecule has 1 rings (SSSR count). The van der Waals surface area contributed by atoms with Crippen LogP contribution in [0.4, 0.5) is 0 Å². The zero-order valence-electron chi connectivity index (χ0n) is 6.70. The molecule has 1 aromatic heterocycles. The Morgan fingerprint density at radius 2 is 2.27 bits per heavy atom. The molecule has 3 nitrogen and oxygen atoms in total. The lowest BCUT2D eigenvalue weighted by atomic mass is 10.4. The first-order chi connectivity index (χ1) is 5.20. The molecule has 0 aromatic carbocycles. The van der Waals surface area contributed by atoms with E-state index in [1.807, 2.05) is 18.5 Å². The van der Waals surface area contributed by atoms with Gasteiger partial charge in [-0.2, -0.15) is 12.6 Å². The summed E-state index contributed by atoms with van der Waals surface area (Å²) in [6.07, 6.45) is 0. The molecule has 0 atom stereocenters. The van der Waals surface area contributed by atoms with Gasteiger partial charge in [-0.1, -0.05) is 0 Å². The van der Waals surface area contributed by atoms with Crippen molar-refractivity contribution in [3.8, 4) is 0 Å². The van der Waals surface area contributed by atoms with Crippen molar-refractivity contribution < 1.29 is 5.11 Å². The number of nitrogens with zero attached hydrogens (tertiary/aromatic N) is 2. The van der Waals surface area contributed by atoms with Crippen molar-refractivity contribution in [3.63, 3.8) is 0 Å². The molecule has 0 saturated carbocycles. The van der Waals surface area contributed by atoms with Crippen LogP contribution in [0.5, 0.6) is 0 Å². The topological polar surface area (TPSA) is 38.1 Å². The summed E-state index contributed by atoms with van der Waals surface area (Å²) in [4.78, 5) is 4.18. The zero-order valence-corrected chi connectivity index (χ0v) is 7.60. The molecule has 1 aromatic rings. The van der Waals surface area contributed by atoms with E-state index < -0.39 is 0 Å². The normalized spacial score (nSPS) is 10.5. The third-order valence-corrected chi connectivity index (χ3v) is 2.15. The summed E-state index contributed by atoms with van der Waals surface area (Å²) in [5.41, 5.74) is 1.76. The van der Waals surface area contributed by atoms with E-state index in [1.165, 1.54) is 0 Å². The molecule has 0 fully saturated rings. The number of aliphatic hydroxyl groups excluding tert-OH is 1. The monoisotopic (exact) mass is 172 g/mol. The third-order valence-electron chi connectivity index (χ3n) is 1.86. The summed E-state index contributed by atoms with van der Waals surface area (Å²) in [6, 6.07) is 0. The van der Waals surface area contributed by atoms with Crippen LogP contribution < -0.4 is 0 Å². The van der Waals surface area contributed by atoms with Crippen LogP contribution >= 0.6 is 12.6 Å². The van der Waals surface area contributed by atoms with Crippen LogP contribution in [0.15, 0.2) is 0 Å². The van der Waals surface area contributed by atoms with Crippen molar-refractivity contribution in [2.24, 2.45) is 7.05 Å². The van der Waals surface area contributed by atoms with E-state index in [0.29, 0.717) is 5.75 Å². The molecule has 11 heavy (non-hydrogen) atoms. The average Bonchev–Trinajstić information content (AvgIpc) is 2.30. The molecule has 0 aliphatic carbocycles. The van der Waals surface area contributed by atoms with Crippen molar-refractivity contribution in [1.82, 2.24) is 9.55 Å². The Bertz CT molecular complexity index is 233. The second-order valence-electron chi connectivity index (χ2n) is 2.44. The molecule has 62 valence electrons. The Kier molecular flexibility index (Phi) is 2.57. The van der Waals surface area contributed by atoms with Gasteiger partial charge in [0.25, 0.3) is 0 Å². The second kappa shape index (κ2) is 3.28. The first kappa shape index (κ1) is 8.62. The van der Waals surface area contributed by atoms with E-state index in [1.54, 1.807) is 0 Å². The van der Waals surface area contributed by atoms with E-state index >= 15 is 0 Å². The van der Waals surface area contributed by atoms with Crippen LogP contribution in [0, 0.1) is 6.92 Å². The summed E-state index contributed by atoms with van der Waals surface area (Å²) in [5.74, 6) is 1.51. The van der Waals surface area contributed by atoms with E-state index in [0.717, 1.165) is 17.2 Å². The molecule has 0 bridgehead atoms. The van der Waals surface area contributed by atoms with Crippen LogP contribution in [0.3, 0.4) is 0 Å². The molecule has 0 saturated heterocycles. The number of imidazole rings is 1. The number of thiol groups is 1. The largest absolute Gasteiger partial charge is 0.390 e. The fraction of sp³-hybridized carbons (Fsp3) is 0.571. The predicted molar refractivity (Wildman–Crippen MR) is 46.6 cm³/mol. The minimum absolute atomic E-state index is 0.00739. The van der Waals surface area contributed by atoms with Crippen LogP contribution in [0.25, 0.3) is 0 Å². The fourth-order valence-corrected chi connectivity index (χ4v) is 1.27. The van der Waals surface area contributed by atoms with Gasteiger partial charge in [0.05, 0.1) is 12.3 Å². The van der Waals surface area contributed by atoms with E-state index in [9.17, 15) is 0 Å². The lowest BCUT2D eigenvalue weighted by Crippen LogP contribution is -1.96. The predicted octanol–water partition coefficient (Wildman–Crippen LogP) is 0.651. The maximum Gasteiger partial charge on any atom is 0.118 e. The van der Waals surface area contributed by atoms with E-state index in [2.05, 4.69) is 17.6 Å². The summed E-state index contributed by atoms with van der Waals surface area (Å²) in [6.45, 7) is 1.94. The van der Waals surface area contributed by atoms with Crippen LogP contribution in [0.2, 0.25) is 0 Å². The highest BCUT2D eigenvalue weighted by molar-refractivity contribution is 7.79. The molecule has 0 aliphatic heterocycles. The second-order valence-corrected chi connectivity index (χ2v) is 2.75. The minimum atomic E-state index is 0.00739. The quantitative estimate of drug-likeness (QED) is 0.643. The molecule has 0 radical (unpaired) electrons. The smallest absolute Gasteiger partial charge is 0.118 e. The highest BCUT2D eigenvalue weighted by Crippen LogP contribution is 2.10. The molecule has 4 heteroatoms. The van der Waals surface area contributed by atoms with Gasteiger partial charge in [-0.15, -0.1) is 0 Å². The molecule has 0 aliphatic rings. The van der Waals surface area contributed by atoms with Gasteiger partial charge in [-0.05, 0) is 6.92 Å². The molecule has 0 unspecified atom stereocenters. The number of aromatic nitrogens is 2. The molecular weight excluding hydrogens is 160 g/mol. The molecule has 0 amide bonds. The Labute approximate surface area is 71.5 Å². The number of aliphatic hydroxyl groups is 1. The van der Waals surface area contributed by atoms with Gasteiger partial charge in [-0.25, -0.2) is 4.98 Å². The first-order valence-electron chi connectivity index (χ1n) is 3.43. The van der Waals surface area contributed by atoms with Gasteiger partial charge in [0.15, 0.2) is 0 Å². The molecule has 0 spiro atoms. The third kappa shape index (κ3) is 1.41. The Hall–Kier alpha value is -0.480. The van der Waals surface area contributed by atoms with Crippen molar-refractivity contribution in [2.45, 2.75) is 19.3 Å². The van der Waals surface area contributed by atoms with Gasteiger partial charge in [-0.3, -0.25) is 0 Å². The zero-order chi connectivity index (χ0) is 8.43. The van der Waals surface area contributed by atoms with Crippen LogP contribution in [-0.4, -0.2) is 14.7 Å². The van der Waals surface area contributed by atoms with Gasteiger partial charge < -0.3 is 9.67 Å². The summed E-state index contributed by atoms with van der Waals surface area (Å²) < 4.78 is 1.94. The standard InChI is InChI=1S/C7H12N2OS/c1-5-6(3-10)8-7(4-11)9(5)2/h10-11H,3-4H2,1-2H3. The number of rotatable bonds is 2. The fourth-order valence-electron chi connectivity index (χ4n) is 0.990. The number of hydrogen-bond donors (Lipinski definition) is 2. The van der Waals surface area contributed by atoms with E-state index in [-0.39, 0.29) is 6.61 Å². The van der Waals surface area contributed by atoms with Crippen LogP contribution in [0.1, 0.15) is 17.2 Å². The Balaban J connectivity index is 3.12. The number of hydrogen-bond acceptors (Lipinski definition) is 3. The SMILES string of the molecule is Cc1c(CO)nc(CS)n1C. The summed E-state index contributed by atoms with van der Waals surface area (Å²) >= 11 is 4.11. The van der Waals surface area contributed by atoms with Crippen molar-refractivity contribution in [3.05, 3.63) is 17.2 Å². The summed E-state index contributed by atoms with van der Waals surface area (Å²) in [5, 5.41) is 8.85. The first-order valence-corrected chi connectivity index (χ1v) is 4.06. The highest BCUT2D eigenvalue weighted by atomic mass is 32.1. The van der Waals surface area contributed by atoms with Crippen molar-refractivity contribution in [1.29, 1.82) is 0 Å². The van der Waals surface area contributed by atoms with Crippen molar-refractivity contribution in [2.75, 3.05) is 0 Å². The minimum Gasteiger partial charge on any atom is -0.390 e. The maximum atomic E-state index is 8.85. The highest BCUT2D eigenvalue weighted by Gasteiger charge is 2.07.